The van der Waals surface area contributed by atoms with Crippen LogP contribution in [0.25, 0.3) is 6.08 Å². The zero-order valence-electron chi connectivity index (χ0n) is 8.87. The molecule has 15 heavy (non-hydrogen) atoms. The Bertz CT molecular complexity index is 427. The Kier molecular flexibility index (Phi) is 3.01. The van der Waals surface area contributed by atoms with Crippen molar-refractivity contribution in [3.8, 4) is 0 Å². The number of hydrogen-bond acceptors (Lipinski definition) is 0. The zero-order chi connectivity index (χ0) is 10.7. The Morgan fingerprint density at radius 2 is 2.20 bits per heavy atom. The molecule has 0 saturated heterocycles. The van der Waals surface area contributed by atoms with E-state index in [1.165, 1.54) is 22.3 Å². The van der Waals surface area contributed by atoms with Gasteiger partial charge in [-0.05, 0) is 0 Å². The van der Waals surface area contributed by atoms with Gasteiger partial charge in [-0.25, -0.2) is 0 Å². The van der Waals surface area contributed by atoms with E-state index in [2.05, 4.69) is 36.9 Å². The summed E-state index contributed by atoms with van der Waals surface area (Å²) in [6, 6.07) is 6.64. The summed E-state index contributed by atoms with van der Waals surface area (Å²) in [4.78, 5) is 0. The number of benzene rings is 1. The summed E-state index contributed by atoms with van der Waals surface area (Å²) in [5.41, 5.74) is 5.25. The SMILES string of the molecule is [B]=CCCc1ccc2c(c1)CC(=C)C=C2. The van der Waals surface area contributed by atoms with Crippen LogP contribution in [0.4, 0.5) is 0 Å². The van der Waals surface area contributed by atoms with Crippen molar-refractivity contribution in [1.29, 1.82) is 0 Å². The molecule has 0 amide bonds. The molecular weight excluding hydrogens is 179 g/mol. The van der Waals surface area contributed by atoms with Crippen LogP contribution in [-0.2, 0) is 12.8 Å². The molecule has 0 N–H and O–H groups in total. The summed E-state index contributed by atoms with van der Waals surface area (Å²) in [5.74, 6) is 1.72. The molecule has 0 aromatic heterocycles. The van der Waals surface area contributed by atoms with Crippen LogP contribution in [0.5, 0.6) is 0 Å². The van der Waals surface area contributed by atoms with Crippen LogP contribution in [0.15, 0.2) is 36.4 Å². The van der Waals surface area contributed by atoms with Gasteiger partial charge in [-0.2, -0.15) is 0 Å². The summed E-state index contributed by atoms with van der Waals surface area (Å²) < 4.78 is 0. The van der Waals surface area contributed by atoms with Gasteiger partial charge >= 0.3 is 91.9 Å². The van der Waals surface area contributed by atoms with Crippen molar-refractivity contribution >= 4 is 19.5 Å². The Morgan fingerprint density at radius 3 is 3.00 bits per heavy atom. The molecule has 0 fully saturated rings. The van der Waals surface area contributed by atoms with E-state index in [-0.39, 0.29) is 0 Å². The average Bonchev–Trinajstić information content (AvgIpc) is 2.25. The van der Waals surface area contributed by atoms with Crippen LogP contribution in [0.3, 0.4) is 0 Å². The second-order valence-electron chi connectivity index (χ2n) is 3.98. The molecule has 73 valence electrons. The van der Waals surface area contributed by atoms with E-state index in [0.29, 0.717) is 0 Å². The molecule has 0 unspecified atom stereocenters. The monoisotopic (exact) mass is 193 g/mol. The first-order valence-electron chi connectivity index (χ1n) is 5.30. The van der Waals surface area contributed by atoms with E-state index in [4.69, 9.17) is 7.49 Å². The van der Waals surface area contributed by atoms with Crippen molar-refractivity contribution in [1.82, 2.24) is 0 Å². The predicted octanol–water partition coefficient (Wildman–Crippen LogP) is 2.72. The molecule has 1 aromatic rings. The summed E-state index contributed by atoms with van der Waals surface area (Å²) in [5, 5.41) is 0. The van der Waals surface area contributed by atoms with E-state index < -0.39 is 0 Å². The van der Waals surface area contributed by atoms with Crippen molar-refractivity contribution in [2.24, 2.45) is 0 Å². The van der Waals surface area contributed by atoms with Gasteiger partial charge in [0.25, 0.3) is 0 Å². The Labute approximate surface area is 92.4 Å². The number of allylic oxidation sites excluding steroid dienone is 2. The van der Waals surface area contributed by atoms with Gasteiger partial charge in [0, 0.05) is 0 Å². The molecule has 0 spiro atoms. The fraction of sp³-hybridized carbons (Fsp3) is 0.214. The van der Waals surface area contributed by atoms with Crippen LogP contribution in [0.1, 0.15) is 23.1 Å². The van der Waals surface area contributed by atoms with Crippen molar-refractivity contribution in [3.63, 3.8) is 0 Å². The summed E-state index contributed by atoms with van der Waals surface area (Å²) >= 11 is 0. The molecule has 0 bridgehead atoms. The molecular formula is C14H14B. The van der Waals surface area contributed by atoms with Gasteiger partial charge in [-0.15, -0.1) is 0 Å². The van der Waals surface area contributed by atoms with Crippen LogP contribution in [-0.4, -0.2) is 13.5 Å². The number of rotatable bonds is 3. The molecule has 1 aliphatic rings. The van der Waals surface area contributed by atoms with Crippen molar-refractivity contribution in [2.75, 3.05) is 0 Å². The molecule has 0 saturated carbocycles. The topological polar surface area (TPSA) is 0 Å². The molecule has 0 aliphatic heterocycles. The summed E-state index contributed by atoms with van der Waals surface area (Å²) in [6.07, 6.45) is 7.18. The van der Waals surface area contributed by atoms with Crippen molar-refractivity contribution in [3.05, 3.63) is 53.1 Å². The third kappa shape index (κ3) is 2.35. The standard InChI is InChI=1S/C14H14B/c1-11-4-6-13-7-5-12(3-2-8-15)10-14(13)9-11/h4-8,10H,1-3,9H2. The van der Waals surface area contributed by atoms with Gasteiger partial charge in [0.15, 0.2) is 0 Å². The summed E-state index contributed by atoms with van der Waals surface area (Å²) in [7, 11) is 5.39. The van der Waals surface area contributed by atoms with Gasteiger partial charge in [-0.3, -0.25) is 0 Å². The Morgan fingerprint density at radius 1 is 1.33 bits per heavy atom. The first-order chi connectivity index (χ1) is 7.29. The zero-order valence-corrected chi connectivity index (χ0v) is 8.87. The van der Waals surface area contributed by atoms with Crippen molar-refractivity contribution in [2.45, 2.75) is 19.3 Å². The molecule has 0 atom stereocenters. The minimum absolute atomic E-state index is 0.940. The van der Waals surface area contributed by atoms with Crippen LogP contribution >= 0.6 is 0 Å². The fourth-order valence-corrected chi connectivity index (χ4v) is 1.89. The number of aryl methyl sites for hydroxylation is 1. The molecule has 1 heteroatoms. The fourth-order valence-electron chi connectivity index (χ4n) is 1.89. The van der Waals surface area contributed by atoms with Gasteiger partial charge in [0.2, 0.25) is 0 Å². The molecule has 1 aliphatic carbocycles. The maximum atomic E-state index is 5.39. The van der Waals surface area contributed by atoms with E-state index in [9.17, 15) is 0 Å². The molecule has 0 nitrogen and oxygen atoms in total. The van der Waals surface area contributed by atoms with Crippen LogP contribution < -0.4 is 0 Å². The van der Waals surface area contributed by atoms with E-state index >= 15 is 0 Å². The number of fused-ring (bicyclic) bond motifs is 1. The first-order valence-corrected chi connectivity index (χ1v) is 5.30. The van der Waals surface area contributed by atoms with Crippen LogP contribution in [0, 0.1) is 0 Å². The number of hydrogen-bond donors (Lipinski definition) is 0. The minimum atomic E-state index is 0.940. The third-order valence-corrected chi connectivity index (χ3v) is 2.72. The van der Waals surface area contributed by atoms with Gasteiger partial charge in [-0.1, -0.05) is 0 Å². The third-order valence-electron chi connectivity index (χ3n) is 2.72. The van der Waals surface area contributed by atoms with Gasteiger partial charge in [0.05, 0.1) is 0 Å². The van der Waals surface area contributed by atoms with E-state index in [1.807, 2.05) is 0 Å². The van der Waals surface area contributed by atoms with Gasteiger partial charge in [0.1, 0.15) is 0 Å². The molecule has 0 heterocycles. The average molecular weight is 193 g/mol. The van der Waals surface area contributed by atoms with Crippen LogP contribution in [0.2, 0.25) is 0 Å². The predicted molar refractivity (Wildman–Crippen MR) is 68.5 cm³/mol. The maximum absolute atomic E-state index is 5.39. The normalized spacial score (nSPS) is 13.7. The quantitative estimate of drug-likeness (QED) is 0.647. The Hall–Kier alpha value is -1.37. The van der Waals surface area contributed by atoms with Crippen molar-refractivity contribution < 1.29 is 0 Å². The second kappa shape index (κ2) is 4.44. The second-order valence-corrected chi connectivity index (χ2v) is 3.98. The van der Waals surface area contributed by atoms with E-state index in [0.717, 1.165) is 19.3 Å². The van der Waals surface area contributed by atoms with Gasteiger partial charge < -0.3 is 0 Å². The molecule has 2 rings (SSSR count). The molecule has 1 radical (unpaired) electrons. The molecule has 1 aromatic carbocycles. The summed E-state index contributed by atoms with van der Waals surface area (Å²) in [6.45, 7) is 3.99. The van der Waals surface area contributed by atoms with E-state index in [1.54, 1.807) is 5.97 Å². The first kappa shape index (κ1) is 10.2. The Balaban J connectivity index is 2.25.